The largest absolute Gasteiger partial charge is 0.489 e. The van der Waals surface area contributed by atoms with Gasteiger partial charge in [0, 0.05) is 23.9 Å². The van der Waals surface area contributed by atoms with Gasteiger partial charge in [0.1, 0.15) is 11.9 Å². The van der Waals surface area contributed by atoms with Gasteiger partial charge in [0.2, 0.25) is 0 Å². The lowest BCUT2D eigenvalue weighted by Gasteiger charge is -2.16. The molecule has 8 heteroatoms. The third-order valence-corrected chi connectivity index (χ3v) is 5.45. The van der Waals surface area contributed by atoms with Crippen LogP contribution in [0.2, 0.25) is 0 Å². The van der Waals surface area contributed by atoms with Crippen molar-refractivity contribution in [3.63, 3.8) is 0 Å². The molecule has 1 saturated heterocycles. The molecule has 0 aliphatic carbocycles. The molecular weight excluding hydrogens is 393 g/mol. The number of aromatic nitrogens is 2. The zero-order valence-corrected chi connectivity index (χ0v) is 16.8. The molecule has 2 N–H and O–H groups in total. The molecule has 1 atom stereocenters. The van der Waals surface area contributed by atoms with Gasteiger partial charge in [-0.15, -0.1) is 5.10 Å². The van der Waals surface area contributed by atoms with Crippen LogP contribution in [-0.4, -0.2) is 29.4 Å². The van der Waals surface area contributed by atoms with Crippen LogP contribution in [0.25, 0.3) is 10.8 Å². The van der Waals surface area contributed by atoms with Gasteiger partial charge in [-0.05, 0) is 62.2 Å². The van der Waals surface area contributed by atoms with Crippen molar-refractivity contribution in [1.29, 1.82) is 0 Å². The molecule has 3 aromatic rings. The highest BCUT2D eigenvalue weighted by atomic mass is 19.4. The van der Waals surface area contributed by atoms with Gasteiger partial charge < -0.3 is 15.4 Å². The fraction of sp³-hybridized carbons (Fsp3) is 0.364. The van der Waals surface area contributed by atoms with Crippen molar-refractivity contribution < 1.29 is 17.9 Å². The van der Waals surface area contributed by atoms with Crippen molar-refractivity contribution in [3.8, 4) is 5.75 Å². The van der Waals surface area contributed by atoms with Crippen LogP contribution in [0.4, 0.5) is 19.0 Å². The van der Waals surface area contributed by atoms with E-state index in [4.69, 9.17) is 4.74 Å². The van der Waals surface area contributed by atoms with Crippen LogP contribution in [0, 0.1) is 13.8 Å². The summed E-state index contributed by atoms with van der Waals surface area (Å²) in [5.41, 5.74) is 0.923. The van der Waals surface area contributed by atoms with Crippen molar-refractivity contribution in [2.45, 2.75) is 39.1 Å². The second-order valence-corrected chi connectivity index (χ2v) is 7.52. The third-order valence-electron chi connectivity index (χ3n) is 5.45. The van der Waals surface area contributed by atoms with Gasteiger partial charge in [-0.2, -0.15) is 18.3 Å². The Morgan fingerprint density at radius 3 is 2.70 bits per heavy atom. The molecule has 158 valence electrons. The van der Waals surface area contributed by atoms with Gasteiger partial charge in [0.05, 0.1) is 11.3 Å². The molecule has 1 aromatic heterocycles. The van der Waals surface area contributed by atoms with Crippen LogP contribution in [0.1, 0.15) is 28.8 Å². The van der Waals surface area contributed by atoms with E-state index in [2.05, 4.69) is 20.8 Å². The van der Waals surface area contributed by atoms with E-state index >= 15 is 0 Å². The van der Waals surface area contributed by atoms with Gasteiger partial charge in [-0.3, -0.25) is 0 Å². The standard InChI is InChI=1S/C22H23F3N4O/c1-13-15(4-3-5-20(13)22(23,24)25)11-27-21-19-10-16(30-17-8-9-26-12-17)6-7-18(19)14(2)28-29-21/h3-7,10,17,26H,8-9,11-12H2,1-2H3,(H,27,29). The van der Waals surface area contributed by atoms with Crippen molar-refractivity contribution in [3.05, 3.63) is 58.8 Å². The fourth-order valence-electron chi connectivity index (χ4n) is 3.75. The predicted molar refractivity (Wildman–Crippen MR) is 110 cm³/mol. The molecule has 1 fully saturated rings. The van der Waals surface area contributed by atoms with Crippen LogP contribution < -0.4 is 15.4 Å². The number of anilines is 1. The van der Waals surface area contributed by atoms with Gasteiger partial charge in [0.15, 0.2) is 5.82 Å². The van der Waals surface area contributed by atoms with E-state index < -0.39 is 11.7 Å². The normalized spacial score (nSPS) is 16.8. The highest BCUT2D eigenvalue weighted by Gasteiger charge is 2.32. The van der Waals surface area contributed by atoms with Gasteiger partial charge in [-0.25, -0.2) is 0 Å². The molecule has 30 heavy (non-hydrogen) atoms. The van der Waals surface area contributed by atoms with Crippen molar-refractivity contribution in [2.75, 3.05) is 18.4 Å². The molecule has 1 aliphatic heterocycles. The number of aryl methyl sites for hydroxylation is 1. The van der Waals surface area contributed by atoms with Crippen LogP contribution >= 0.6 is 0 Å². The van der Waals surface area contributed by atoms with Gasteiger partial charge >= 0.3 is 6.18 Å². The van der Waals surface area contributed by atoms with Gasteiger partial charge in [-0.1, -0.05) is 12.1 Å². The molecule has 1 unspecified atom stereocenters. The smallest absolute Gasteiger partial charge is 0.416 e. The molecule has 0 spiro atoms. The molecule has 0 amide bonds. The number of hydrogen-bond donors (Lipinski definition) is 2. The number of nitrogens with one attached hydrogen (secondary N) is 2. The first kappa shape index (κ1) is 20.4. The van der Waals surface area contributed by atoms with Crippen molar-refractivity contribution in [2.24, 2.45) is 0 Å². The monoisotopic (exact) mass is 416 g/mol. The number of fused-ring (bicyclic) bond motifs is 1. The minimum absolute atomic E-state index is 0.127. The first-order valence-electron chi connectivity index (χ1n) is 9.87. The average molecular weight is 416 g/mol. The summed E-state index contributed by atoms with van der Waals surface area (Å²) in [4.78, 5) is 0. The van der Waals surface area contributed by atoms with E-state index in [9.17, 15) is 13.2 Å². The van der Waals surface area contributed by atoms with Gasteiger partial charge in [0.25, 0.3) is 0 Å². The summed E-state index contributed by atoms with van der Waals surface area (Å²) in [6.07, 6.45) is -3.30. The summed E-state index contributed by atoms with van der Waals surface area (Å²) in [6.45, 7) is 5.32. The second-order valence-electron chi connectivity index (χ2n) is 7.52. The Hall–Kier alpha value is -2.87. The molecule has 0 radical (unpaired) electrons. The number of hydrogen-bond acceptors (Lipinski definition) is 5. The summed E-state index contributed by atoms with van der Waals surface area (Å²) in [5, 5.41) is 16.6. The van der Waals surface area contributed by atoms with E-state index in [1.807, 2.05) is 25.1 Å². The molecule has 0 saturated carbocycles. The highest BCUT2D eigenvalue weighted by Crippen LogP contribution is 2.33. The number of benzene rings is 2. The van der Waals surface area contributed by atoms with Crippen LogP contribution in [-0.2, 0) is 12.7 Å². The van der Waals surface area contributed by atoms with Crippen LogP contribution in [0.3, 0.4) is 0 Å². The van der Waals surface area contributed by atoms with Crippen molar-refractivity contribution in [1.82, 2.24) is 15.5 Å². The molecular formula is C22H23F3N4O. The molecule has 2 heterocycles. The van der Waals surface area contributed by atoms with E-state index in [1.54, 1.807) is 6.07 Å². The maximum absolute atomic E-state index is 13.2. The fourth-order valence-corrected chi connectivity index (χ4v) is 3.75. The summed E-state index contributed by atoms with van der Waals surface area (Å²) in [7, 11) is 0. The molecule has 1 aliphatic rings. The predicted octanol–water partition coefficient (Wildman–Crippen LogP) is 4.62. The lowest BCUT2D eigenvalue weighted by molar-refractivity contribution is -0.138. The minimum atomic E-state index is -4.38. The Balaban J connectivity index is 1.62. The Morgan fingerprint density at radius 2 is 1.97 bits per heavy atom. The lowest BCUT2D eigenvalue weighted by Crippen LogP contribution is -2.19. The Labute approximate surface area is 172 Å². The number of alkyl halides is 3. The topological polar surface area (TPSA) is 59.1 Å². The molecule has 5 nitrogen and oxygen atoms in total. The first-order chi connectivity index (χ1) is 14.3. The van der Waals surface area contributed by atoms with E-state index in [0.29, 0.717) is 11.4 Å². The average Bonchev–Trinajstić information content (AvgIpc) is 3.20. The Bertz CT molecular complexity index is 1060. The third kappa shape index (κ3) is 4.18. The van der Waals surface area contributed by atoms with E-state index in [0.717, 1.165) is 47.8 Å². The maximum atomic E-state index is 13.2. The summed E-state index contributed by atoms with van der Waals surface area (Å²) < 4.78 is 45.6. The SMILES string of the molecule is Cc1c(CNc2nnc(C)c3ccc(OC4CCNC4)cc23)cccc1C(F)(F)F. The second kappa shape index (κ2) is 8.10. The van der Waals surface area contributed by atoms with Crippen molar-refractivity contribution >= 4 is 16.6 Å². The summed E-state index contributed by atoms with van der Waals surface area (Å²) >= 11 is 0. The number of rotatable bonds is 5. The molecule has 2 aromatic carbocycles. The van der Waals surface area contributed by atoms with Crippen LogP contribution in [0.15, 0.2) is 36.4 Å². The van der Waals surface area contributed by atoms with Crippen LogP contribution in [0.5, 0.6) is 5.75 Å². The Morgan fingerprint density at radius 1 is 1.13 bits per heavy atom. The van der Waals surface area contributed by atoms with E-state index in [-0.39, 0.29) is 18.2 Å². The first-order valence-corrected chi connectivity index (χ1v) is 9.87. The quantitative estimate of drug-likeness (QED) is 0.636. The Kier molecular flexibility index (Phi) is 5.51. The molecule has 0 bridgehead atoms. The minimum Gasteiger partial charge on any atom is -0.489 e. The number of halogens is 3. The number of nitrogens with zero attached hydrogens (tertiary/aromatic N) is 2. The zero-order chi connectivity index (χ0) is 21.3. The van der Waals surface area contributed by atoms with E-state index in [1.165, 1.54) is 13.0 Å². The molecule has 4 rings (SSSR count). The highest BCUT2D eigenvalue weighted by molar-refractivity contribution is 5.94. The zero-order valence-electron chi connectivity index (χ0n) is 16.8. The number of ether oxygens (including phenoxy) is 1. The maximum Gasteiger partial charge on any atom is 0.416 e. The summed E-state index contributed by atoms with van der Waals surface area (Å²) in [5.74, 6) is 1.25. The summed E-state index contributed by atoms with van der Waals surface area (Å²) in [6, 6.07) is 9.97. The lowest BCUT2D eigenvalue weighted by atomic mass is 10.0.